The molecule has 3 rings (SSSR count). The van der Waals surface area contributed by atoms with Crippen molar-refractivity contribution in [1.29, 1.82) is 0 Å². The van der Waals surface area contributed by atoms with Crippen molar-refractivity contribution in [3.8, 4) is 0 Å². The van der Waals surface area contributed by atoms with E-state index in [1.165, 1.54) is 6.26 Å². The van der Waals surface area contributed by atoms with Gasteiger partial charge < -0.3 is 9.73 Å². The average Bonchev–Trinajstić information content (AvgIpc) is 3.13. The minimum atomic E-state index is -0.261. The Labute approximate surface area is 115 Å². The van der Waals surface area contributed by atoms with Crippen LogP contribution in [0.1, 0.15) is 16.1 Å². The SMILES string of the molecule is O=C(Nc1ccccc1Cn1cccn1)c1ccco1. The zero-order valence-electron chi connectivity index (χ0n) is 10.7. The third-order valence-corrected chi connectivity index (χ3v) is 2.90. The minimum Gasteiger partial charge on any atom is -0.459 e. The molecule has 0 aliphatic rings. The first kappa shape index (κ1) is 12.2. The summed E-state index contributed by atoms with van der Waals surface area (Å²) in [5.41, 5.74) is 1.74. The van der Waals surface area contributed by atoms with Gasteiger partial charge in [-0.3, -0.25) is 9.48 Å². The molecule has 0 saturated heterocycles. The van der Waals surface area contributed by atoms with E-state index in [1.54, 1.807) is 23.0 Å². The van der Waals surface area contributed by atoms with Crippen molar-refractivity contribution < 1.29 is 9.21 Å². The van der Waals surface area contributed by atoms with Crippen LogP contribution in [0.2, 0.25) is 0 Å². The van der Waals surface area contributed by atoms with Crippen LogP contribution in [0, 0.1) is 0 Å². The van der Waals surface area contributed by atoms with Gasteiger partial charge in [-0.05, 0) is 29.8 Å². The second-order valence-corrected chi connectivity index (χ2v) is 4.29. The molecule has 0 saturated carbocycles. The van der Waals surface area contributed by atoms with Gasteiger partial charge in [0.2, 0.25) is 0 Å². The van der Waals surface area contributed by atoms with Gasteiger partial charge >= 0.3 is 0 Å². The molecule has 1 amide bonds. The van der Waals surface area contributed by atoms with Gasteiger partial charge in [-0.2, -0.15) is 5.10 Å². The van der Waals surface area contributed by atoms with E-state index < -0.39 is 0 Å². The minimum absolute atomic E-state index is 0.261. The van der Waals surface area contributed by atoms with E-state index in [9.17, 15) is 4.79 Å². The fraction of sp³-hybridized carbons (Fsp3) is 0.0667. The van der Waals surface area contributed by atoms with Gasteiger partial charge in [0.1, 0.15) is 0 Å². The first-order chi connectivity index (χ1) is 9.83. The topological polar surface area (TPSA) is 60.1 Å². The van der Waals surface area contributed by atoms with E-state index in [2.05, 4.69) is 10.4 Å². The molecule has 5 nitrogen and oxygen atoms in total. The van der Waals surface area contributed by atoms with Crippen LogP contribution in [0.4, 0.5) is 5.69 Å². The maximum atomic E-state index is 12.0. The van der Waals surface area contributed by atoms with Crippen molar-refractivity contribution in [1.82, 2.24) is 9.78 Å². The van der Waals surface area contributed by atoms with Gasteiger partial charge in [-0.1, -0.05) is 18.2 Å². The summed E-state index contributed by atoms with van der Waals surface area (Å²) >= 11 is 0. The molecule has 2 heterocycles. The van der Waals surface area contributed by atoms with E-state index in [0.29, 0.717) is 12.3 Å². The van der Waals surface area contributed by atoms with Crippen LogP contribution in [0.15, 0.2) is 65.5 Å². The number of furan rings is 1. The molecule has 20 heavy (non-hydrogen) atoms. The monoisotopic (exact) mass is 267 g/mol. The highest BCUT2D eigenvalue weighted by Gasteiger charge is 2.11. The molecular formula is C15H13N3O2. The van der Waals surface area contributed by atoms with Crippen LogP contribution in [0.5, 0.6) is 0 Å². The normalized spacial score (nSPS) is 10.4. The number of amides is 1. The molecule has 0 atom stereocenters. The van der Waals surface area contributed by atoms with Gasteiger partial charge in [0.25, 0.3) is 5.91 Å². The van der Waals surface area contributed by atoms with Crippen molar-refractivity contribution in [3.05, 3.63) is 72.4 Å². The highest BCUT2D eigenvalue weighted by molar-refractivity contribution is 6.02. The maximum absolute atomic E-state index is 12.0. The van der Waals surface area contributed by atoms with Gasteiger partial charge in [0, 0.05) is 18.1 Å². The number of para-hydroxylation sites is 1. The molecule has 0 unspecified atom stereocenters. The van der Waals surface area contributed by atoms with Crippen molar-refractivity contribution in [2.24, 2.45) is 0 Å². The van der Waals surface area contributed by atoms with Crippen LogP contribution < -0.4 is 5.32 Å². The lowest BCUT2D eigenvalue weighted by Gasteiger charge is -2.10. The summed E-state index contributed by atoms with van der Waals surface area (Å²) in [7, 11) is 0. The molecule has 3 aromatic rings. The molecular weight excluding hydrogens is 254 g/mol. The average molecular weight is 267 g/mol. The molecule has 1 aromatic carbocycles. The Bertz CT molecular complexity index is 688. The van der Waals surface area contributed by atoms with Gasteiger partial charge in [-0.15, -0.1) is 0 Å². The van der Waals surface area contributed by atoms with Gasteiger partial charge in [0.15, 0.2) is 5.76 Å². The first-order valence-electron chi connectivity index (χ1n) is 6.23. The van der Waals surface area contributed by atoms with Crippen molar-refractivity contribution in [2.45, 2.75) is 6.54 Å². The number of benzene rings is 1. The lowest BCUT2D eigenvalue weighted by molar-refractivity contribution is 0.0996. The third-order valence-electron chi connectivity index (χ3n) is 2.90. The zero-order chi connectivity index (χ0) is 13.8. The molecule has 5 heteroatoms. The summed E-state index contributed by atoms with van der Waals surface area (Å²) < 4.78 is 6.89. The summed E-state index contributed by atoms with van der Waals surface area (Å²) in [4.78, 5) is 12.0. The summed E-state index contributed by atoms with van der Waals surface area (Å²) in [6.45, 7) is 0.599. The predicted octanol–water partition coefficient (Wildman–Crippen LogP) is 2.78. The van der Waals surface area contributed by atoms with Gasteiger partial charge in [-0.25, -0.2) is 0 Å². The smallest absolute Gasteiger partial charge is 0.291 e. The van der Waals surface area contributed by atoms with Crippen LogP contribution >= 0.6 is 0 Å². The van der Waals surface area contributed by atoms with E-state index in [-0.39, 0.29) is 5.91 Å². The lowest BCUT2D eigenvalue weighted by Crippen LogP contribution is -2.13. The van der Waals surface area contributed by atoms with E-state index in [0.717, 1.165) is 11.3 Å². The molecule has 0 radical (unpaired) electrons. The Kier molecular flexibility index (Phi) is 3.33. The van der Waals surface area contributed by atoms with E-state index >= 15 is 0 Å². The molecule has 2 aromatic heterocycles. The number of carbonyl (C=O) groups excluding carboxylic acids is 1. The van der Waals surface area contributed by atoms with Crippen molar-refractivity contribution >= 4 is 11.6 Å². The molecule has 0 bridgehead atoms. The number of nitrogens with zero attached hydrogens (tertiary/aromatic N) is 2. The number of rotatable bonds is 4. The highest BCUT2D eigenvalue weighted by atomic mass is 16.3. The fourth-order valence-electron chi connectivity index (χ4n) is 1.94. The maximum Gasteiger partial charge on any atom is 0.291 e. The summed E-state index contributed by atoms with van der Waals surface area (Å²) in [5.74, 6) is 0.0295. The second kappa shape index (κ2) is 5.44. The molecule has 0 aliphatic carbocycles. The Morgan fingerprint density at radius 2 is 2.10 bits per heavy atom. The van der Waals surface area contributed by atoms with Crippen LogP contribution in [-0.4, -0.2) is 15.7 Å². The number of carbonyl (C=O) groups is 1. The predicted molar refractivity (Wildman–Crippen MR) is 74.4 cm³/mol. The fourth-order valence-corrected chi connectivity index (χ4v) is 1.94. The Morgan fingerprint density at radius 3 is 2.85 bits per heavy atom. The van der Waals surface area contributed by atoms with Crippen LogP contribution in [0.3, 0.4) is 0 Å². The summed E-state index contributed by atoms with van der Waals surface area (Å²) in [6.07, 6.45) is 5.08. The Morgan fingerprint density at radius 1 is 1.20 bits per heavy atom. The standard InChI is InChI=1S/C15H13N3O2/c19-15(14-7-3-10-20-14)17-13-6-2-1-5-12(13)11-18-9-4-8-16-18/h1-10H,11H2,(H,17,19). The van der Waals surface area contributed by atoms with E-state index in [4.69, 9.17) is 4.42 Å². The number of hydrogen-bond donors (Lipinski definition) is 1. The first-order valence-corrected chi connectivity index (χ1v) is 6.23. The number of anilines is 1. The highest BCUT2D eigenvalue weighted by Crippen LogP contribution is 2.17. The Hall–Kier alpha value is -2.82. The Balaban J connectivity index is 1.81. The zero-order valence-corrected chi connectivity index (χ0v) is 10.7. The number of aromatic nitrogens is 2. The molecule has 1 N–H and O–H groups in total. The lowest BCUT2D eigenvalue weighted by atomic mass is 10.1. The number of hydrogen-bond acceptors (Lipinski definition) is 3. The molecule has 0 aliphatic heterocycles. The largest absolute Gasteiger partial charge is 0.459 e. The molecule has 0 fully saturated rings. The van der Waals surface area contributed by atoms with Gasteiger partial charge in [0.05, 0.1) is 12.8 Å². The second-order valence-electron chi connectivity index (χ2n) is 4.29. The molecule has 0 spiro atoms. The van der Waals surface area contributed by atoms with Crippen LogP contribution in [-0.2, 0) is 6.54 Å². The number of nitrogens with one attached hydrogen (secondary N) is 1. The third kappa shape index (κ3) is 2.61. The van der Waals surface area contributed by atoms with Crippen molar-refractivity contribution in [3.63, 3.8) is 0 Å². The molecule has 100 valence electrons. The van der Waals surface area contributed by atoms with Crippen molar-refractivity contribution in [2.75, 3.05) is 5.32 Å². The van der Waals surface area contributed by atoms with Crippen LogP contribution in [0.25, 0.3) is 0 Å². The van der Waals surface area contributed by atoms with E-state index in [1.807, 2.05) is 36.5 Å². The summed E-state index contributed by atoms with van der Waals surface area (Å²) in [6, 6.07) is 12.8. The summed E-state index contributed by atoms with van der Waals surface area (Å²) in [5, 5.41) is 7.02. The quantitative estimate of drug-likeness (QED) is 0.790.